The van der Waals surface area contributed by atoms with Gasteiger partial charge in [0.2, 0.25) is 0 Å². The maximum atomic E-state index is 4.52. The van der Waals surface area contributed by atoms with Gasteiger partial charge in [-0.15, -0.1) is 11.3 Å². The van der Waals surface area contributed by atoms with E-state index in [4.69, 9.17) is 0 Å². The highest BCUT2D eigenvalue weighted by atomic mass is 32.1. The number of rotatable bonds is 3. The Kier molecular flexibility index (Phi) is 3.08. The lowest BCUT2D eigenvalue weighted by Gasteiger charge is -1.93. The van der Waals surface area contributed by atoms with Crippen LogP contribution in [0, 0.1) is 6.92 Å². The molecule has 0 aliphatic rings. The van der Waals surface area contributed by atoms with Crippen molar-refractivity contribution in [2.75, 3.05) is 7.05 Å². The van der Waals surface area contributed by atoms with Gasteiger partial charge in [0.15, 0.2) is 0 Å². The van der Waals surface area contributed by atoms with Gasteiger partial charge in [-0.25, -0.2) is 4.98 Å². The lowest BCUT2D eigenvalue weighted by molar-refractivity contribution is 0.823. The molecule has 0 amide bonds. The molecule has 0 saturated heterocycles. The van der Waals surface area contributed by atoms with Gasteiger partial charge in [-0.2, -0.15) is 0 Å². The fraction of sp³-hybridized carbons (Fsp3) is 0.273. The summed E-state index contributed by atoms with van der Waals surface area (Å²) in [5, 5.41) is 4.14. The number of hydrogen-bond donors (Lipinski definition) is 1. The van der Waals surface area contributed by atoms with Crippen LogP contribution in [0.15, 0.2) is 24.4 Å². The molecule has 2 heterocycles. The zero-order valence-electron chi connectivity index (χ0n) is 8.82. The molecular weight excluding hydrogens is 206 g/mol. The summed E-state index contributed by atoms with van der Waals surface area (Å²) in [7, 11) is 1.94. The van der Waals surface area contributed by atoms with Crippen LogP contribution in [0.5, 0.6) is 0 Å². The van der Waals surface area contributed by atoms with Crippen LogP contribution in [0.4, 0.5) is 0 Å². The number of nitrogens with one attached hydrogen (secondary N) is 1. The highest BCUT2D eigenvalue weighted by Gasteiger charge is 2.08. The Bertz CT molecular complexity index is 436. The van der Waals surface area contributed by atoms with Crippen LogP contribution in [0.25, 0.3) is 10.7 Å². The molecule has 15 heavy (non-hydrogen) atoms. The summed E-state index contributed by atoms with van der Waals surface area (Å²) in [6, 6.07) is 5.89. The van der Waals surface area contributed by atoms with E-state index in [2.05, 4.69) is 15.3 Å². The Labute approximate surface area is 93.2 Å². The van der Waals surface area contributed by atoms with E-state index in [0.29, 0.717) is 0 Å². The molecule has 2 aromatic rings. The molecule has 0 aromatic carbocycles. The smallest absolute Gasteiger partial charge is 0.142 e. The van der Waals surface area contributed by atoms with Crippen molar-refractivity contribution >= 4 is 11.3 Å². The molecule has 2 rings (SSSR count). The molecule has 2 aromatic heterocycles. The van der Waals surface area contributed by atoms with Gasteiger partial charge in [0.25, 0.3) is 0 Å². The maximum Gasteiger partial charge on any atom is 0.142 e. The summed E-state index contributed by atoms with van der Waals surface area (Å²) >= 11 is 1.70. The van der Waals surface area contributed by atoms with Crippen LogP contribution in [-0.2, 0) is 6.54 Å². The summed E-state index contributed by atoms with van der Waals surface area (Å²) in [5.74, 6) is 0. The van der Waals surface area contributed by atoms with Crippen LogP contribution < -0.4 is 5.32 Å². The summed E-state index contributed by atoms with van der Waals surface area (Å²) in [4.78, 5) is 10.1. The lowest BCUT2D eigenvalue weighted by atomic mass is 10.3. The van der Waals surface area contributed by atoms with Gasteiger partial charge in [-0.3, -0.25) is 4.98 Å². The predicted octanol–water partition coefficient (Wildman–Crippen LogP) is 2.23. The first-order valence-corrected chi connectivity index (χ1v) is 5.65. The Morgan fingerprint density at radius 2 is 2.27 bits per heavy atom. The lowest BCUT2D eigenvalue weighted by Crippen LogP contribution is -2.04. The van der Waals surface area contributed by atoms with E-state index in [-0.39, 0.29) is 0 Å². The van der Waals surface area contributed by atoms with Gasteiger partial charge < -0.3 is 5.32 Å². The minimum Gasteiger partial charge on any atom is -0.315 e. The first-order chi connectivity index (χ1) is 7.31. The number of pyridine rings is 1. The molecule has 78 valence electrons. The standard InChI is InChI=1S/C11H13N3S/c1-8-10(7-12-2)15-11(14-8)9-5-3-4-6-13-9/h3-6,12H,7H2,1-2H3. The van der Waals surface area contributed by atoms with Crippen molar-refractivity contribution in [1.29, 1.82) is 0 Å². The first kappa shape index (κ1) is 10.3. The van der Waals surface area contributed by atoms with E-state index in [1.807, 2.05) is 32.2 Å². The highest BCUT2D eigenvalue weighted by Crippen LogP contribution is 2.25. The van der Waals surface area contributed by atoms with Gasteiger partial charge >= 0.3 is 0 Å². The van der Waals surface area contributed by atoms with Gasteiger partial charge in [-0.05, 0) is 26.1 Å². The van der Waals surface area contributed by atoms with Crippen molar-refractivity contribution in [3.63, 3.8) is 0 Å². The van der Waals surface area contributed by atoms with Crippen molar-refractivity contribution in [2.24, 2.45) is 0 Å². The van der Waals surface area contributed by atoms with Crippen molar-refractivity contribution in [3.05, 3.63) is 35.0 Å². The van der Waals surface area contributed by atoms with E-state index in [9.17, 15) is 0 Å². The SMILES string of the molecule is CNCc1sc(-c2ccccn2)nc1C. The summed E-state index contributed by atoms with van der Waals surface area (Å²) in [6.45, 7) is 2.91. The van der Waals surface area contributed by atoms with E-state index in [1.165, 1.54) is 4.88 Å². The summed E-state index contributed by atoms with van der Waals surface area (Å²) in [5.41, 5.74) is 2.04. The molecule has 3 nitrogen and oxygen atoms in total. The quantitative estimate of drug-likeness (QED) is 0.860. The third-order valence-corrected chi connectivity index (χ3v) is 3.29. The molecule has 0 atom stereocenters. The zero-order chi connectivity index (χ0) is 10.7. The third kappa shape index (κ3) is 2.22. The van der Waals surface area contributed by atoms with Crippen LogP contribution in [0.2, 0.25) is 0 Å². The molecule has 0 aliphatic heterocycles. The number of nitrogens with zero attached hydrogens (tertiary/aromatic N) is 2. The molecule has 0 radical (unpaired) electrons. The Balaban J connectivity index is 2.34. The van der Waals surface area contributed by atoms with E-state index in [0.717, 1.165) is 22.9 Å². The second-order valence-corrected chi connectivity index (χ2v) is 4.36. The van der Waals surface area contributed by atoms with Crippen LogP contribution in [-0.4, -0.2) is 17.0 Å². The molecule has 1 N–H and O–H groups in total. The topological polar surface area (TPSA) is 37.8 Å². The van der Waals surface area contributed by atoms with E-state index in [1.54, 1.807) is 17.5 Å². The van der Waals surface area contributed by atoms with Crippen LogP contribution >= 0.6 is 11.3 Å². The average molecular weight is 219 g/mol. The minimum atomic E-state index is 0.871. The summed E-state index contributed by atoms with van der Waals surface area (Å²) < 4.78 is 0. The number of hydrogen-bond acceptors (Lipinski definition) is 4. The second kappa shape index (κ2) is 4.51. The van der Waals surface area contributed by atoms with Crippen molar-refractivity contribution in [3.8, 4) is 10.7 Å². The Morgan fingerprint density at radius 1 is 1.40 bits per heavy atom. The number of aryl methyl sites for hydroxylation is 1. The zero-order valence-corrected chi connectivity index (χ0v) is 9.64. The van der Waals surface area contributed by atoms with Crippen molar-refractivity contribution in [2.45, 2.75) is 13.5 Å². The van der Waals surface area contributed by atoms with Crippen LogP contribution in [0.3, 0.4) is 0 Å². The molecule has 0 unspecified atom stereocenters. The Hall–Kier alpha value is -1.26. The van der Waals surface area contributed by atoms with Crippen LogP contribution in [0.1, 0.15) is 10.6 Å². The van der Waals surface area contributed by atoms with Crippen molar-refractivity contribution in [1.82, 2.24) is 15.3 Å². The molecule has 0 saturated carbocycles. The fourth-order valence-electron chi connectivity index (χ4n) is 1.35. The number of aromatic nitrogens is 2. The molecule has 0 fully saturated rings. The van der Waals surface area contributed by atoms with E-state index >= 15 is 0 Å². The predicted molar refractivity (Wildman–Crippen MR) is 62.8 cm³/mol. The molecule has 0 aliphatic carbocycles. The maximum absolute atomic E-state index is 4.52. The third-order valence-electron chi connectivity index (χ3n) is 2.11. The van der Waals surface area contributed by atoms with Gasteiger partial charge in [0.05, 0.1) is 11.4 Å². The summed E-state index contributed by atoms with van der Waals surface area (Å²) in [6.07, 6.45) is 1.80. The molecule has 0 bridgehead atoms. The fourth-order valence-corrected chi connectivity index (χ4v) is 2.40. The van der Waals surface area contributed by atoms with E-state index < -0.39 is 0 Å². The number of thiazole rings is 1. The largest absolute Gasteiger partial charge is 0.315 e. The second-order valence-electron chi connectivity index (χ2n) is 3.27. The molecule has 0 spiro atoms. The monoisotopic (exact) mass is 219 g/mol. The molecular formula is C11H13N3S. The van der Waals surface area contributed by atoms with Gasteiger partial charge in [0.1, 0.15) is 5.01 Å². The highest BCUT2D eigenvalue weighted by molar-refractivity contribution is 7.15. The minimum absolute atomic E-state index is 0.871. The first-order valence-electron chi connectivity index (χ1n) is 4.83. The molecule has 4 heteroatoms. The average Bonchev–Trinajstić information content (AvgIpc) is 2.63. The van der Waals surface area contributed by atoms with Gasteiger partial charge in [0, 0.05) is 17.6 Å². The Morgan fingerprint density at radius 3 is 2.93 bits per heavy atom. The van der Waals surface area contributed by atoms with Crippen molar-refractivity contribution < 1.29 is 0 Å². The normalized spacial score (nSPS) is 10.5. The van der Waals surface area contributed by atoms with Gasteiger partial charge in [-0.1, -0.05) is 6.07 Å².